The van der Waals surface area contributed by atoms with Crippen molar-refractivity contribution in [3.63, 3.8) is 0 Å². The Balaban J connectivity index is 1.79. The van der Waals surface area contributed by atoms with Crippen LogP contribution in [0, 0.1) is 0 Å². The first-order valence-electron chi connectivity index (χ1n) is 7.00. The first kappa shape index (κ1) is 15.4. The molecule has 21 heavy (non-hydrogen) atoms. The third-order valence-electron chi connectivity index (χ3n) is 3.14. The van der Waals surface area contributed by atoms with Gasteiger partial charge in [-0.1, -0.05) is 37.3 Å². The summed E-state index contributed by atoms with van der Waals surface area (Å²) in [5.74, 6) is 1.56. The maximum Gasteiger partial charge on any atom is 0.488 e. The molecule has 0 radical (unpaired) electrons. The Bertz CT molecular complexity index is 554. The molecule has 0 fully saturated rings. The SMILES string of the molecule is CCc1ccccc1OCCOc1ccc(B(O)O)cc1. The van der Waals surface area contributed by atoms with E-state index in [-0.39, 0.29) is 0 Å². The summed E-state index contributed by atoms with van der Waals surface area (Å²) in [5.41, 5.74) is 1.62. The average molecular weight is 286 g/mol. The monoisotopic (exact) mass is 286 g/mol. The molecule has 2 aromatic rings. The smallest absolute Gasteiger partial charge is 0.488 e. The van der Waals surface area contributed by atoms with Crippen LogP contribution < -0.4 is 14.9 Å². The van der Waals surface area contributed by atoms with Gasteiger partial charge in [0.05, 0.1) is 0 Å². The summed E-state index contributed by atoms with van der Waals surface area (Å²) in [7, 11) is -1.45. The average Bonchev–Trinajstić information content (AvgIpc) is 2.52. The molecule has 0 spiro atoms. The second-order valence-electron chi connectivity index (χ2n) is 4.60. The van der Waals surface area contributed by atoms with E-state index in [2.05, 4.69) is 13.0 Å². The molecule has 110 valence electrons. The summed E-state index contributed by atoms with van der Waals surface area (Å²) < 4.78 is 11.3. The van der Waals surface area contributed by atoms with Gasteiger partial charge in [0, 0.05) is 0 Å². The van der Waals surface area contributed by atoms with Crippen LogP contribution in [0.1, 0.15) is 12.5 Å². The molecule has 0 amide bonds. The molecule has 0 heterocycles. The molecule has 0 saturated carbocycles. The van der Waals surface area contributed by atoms with Crippen molar-refractivity contribution in [3.05, 3.63) is 54.1 Å². The molecule has 0 aromatic heterocycles. The van der Waals surface area contributed by atoms with Gasteiger partial charge in [-0.3, -0.25) is 0 Å². The molecule has 5 heteroatoms. The lowest BCUT2D eigenvalue weighted by atomic mass is 9.80. The van der Waals surface area contributed by atoms with Gasteiger partial charge in [0.2, 0.25) is 0 Å². The van der Waals surface area contributed by atoms with Crippen molar-refractivity contribution in [2.45, 2.75) is 13.3 Å². The third-order valence-corrected chi connectivity index (χ3v) is 3.14. The Morgan fingerprint density at radius 2 is 1.57 bits per heavy atom. The molecule has 0 aliphatic carbocycles. The van der Waals surface area contributed by atoms with E-state index < -0.39 is 7.12 Å². The van der Waals surface area contributed by atoms with Gasteiger partial charge in [-0.2, -0.15) is 0 Å². The van der Waals surface area contributed by atoms with E-state index in [4.69, 9.17) is 19.5 Å². The number of para-hydroxylation sites is 1. The van der Waals surface area contributed by atoms with Crippen LogP contribution in [0.15, 0.2) is 48.5 Å². The molecule has 0 unspecified atom stereocenters. The fourth-order valence-corrected chi connectivity index (χ4v) is 1.98. The highest BCUT2D eigenvalue weighted by atomic mass is 16.5. The lowest BCUT2D eigenvalue weighted by Crippen LogP contribution is -2.29. The van der Waals surface area contributed by atoms with Crippen LogP contribution in [-0.2, 0) is 6.42 Å². The second-order valence-corrected chi connectivity index (χ2v) is 4.60. The Kier molecular flexibility index (Phi) is 5.66. The minimum absolute atomic E-state index is 0.430. The van der Waals surface area contributed by atoms with Gasteiger partial charge in [0.25, 0.3) is 0 Å². The summed E-state index contributed by atoms with van der Waals surface area (Å²) in [5, 5.41) is 18.0. The van der Waals surface area contributed by atoms with Crippen LogP contribution in [-0.4, -0.2) is 30.4 Å². The summed E-state index contributed by atoms with van der Waals surface area (Å²) >= 11 is 0. The van der Waals surface area contributed by atoms with Crippen molar-refractivity contribution in [2.75, 3.05) is 13.2 Å². The fourth-order valence-electron chi connectivity index (χ4n) is 1.98. The van der Waals surface area contributed by atoms with Crippen LogP contribution in [0.3, 0.4) is 0 Å². The topological polar surface area (TPSA) is 58.9 Å². The molecular formula is C16H19BO4. The second kappa shape index (κ2) is 7.71. The molecule has 0 aliphatic heterocycles. The molecule has 2 rings (SSSR count). The van der Waals surface area contributed by atoms with Gasteiger partial charge in [-0.05, 0) is 35.6 Å². The van der Waals surface area contributed by atoms with Crippen LogP contribution in [0.2, 0.25) is 0 Å². The van der Waals surface area contributed by atoms with Crippen molar-refractivity contribution < 1.29 is 19.5 Å². The zero-order valence-corrected chi connectivity index (χ0v) is 12.0. The van der Waals surface area contributed by atoms with Gasteiger partial charge in [0.1, 0.15) is 24.7 Å². The molecule has 4 nitrogen and oxygen atoms in total. The van der Waals surface area contributed by atoms with Crippen molar-refractivity contribution in [1.82, 2.24) is 0 Å². The highest BCUT2D eigenvalue weighted by Gasteiger charge is 2.09. The standard InChI is InChI=1S/C16H19BO4/c1-2-13-5-3-4-6-16(13)21-12-11-20-15-9-7-14(8-10-15)17(18)19/h3-10,18-19H,2,11-12H2,1H3. The zero-order valence-electron chi connectivity index (χ0n) is 12.0. The Morgan fingerprint density at radius 3 is 2.24 bits per heavy atom. The van der Waals surface area contributed by atoms with Gasteiger partial charge in [-0.25, -0.2) is 0 Å². The zero-order chi connectivity index (χ0) is 15.1. The minimum Gasteiger partial charge on any atom is -0.490 e. The van der Waals surface area contributed by atoms with E-state index in [9.17, 15) is 0 Å². The molecule has 2 N–H and O–H groups in total. The van der Waals surface area contributed by atoms with E-state index in [1.807, 2.05) is 18.2 Å². The predicted octanol–water partition coefficient (Wildman–Crippen LogP) is 1.39. The molecular weight excluding hydrogens is 267 g/mol. The van der Waals surface area contributed by atoms with E-state index in [1.165, 1.54) is 5.56 Å². The summed E-state index contributed by atoms with van der Waals surface area (Å²) in [6.45, 7) is 2.98. The molecule has 0 atom stereocenters. The van der Waals surface area contributed by atoms with Crippen LogP contribution in [0.5, 0.6) is 11.5 Å². The largest absolute Gasteiger partial charge is 0.490 e. The van der Waals surface area contributed by atoms with Gasteiger partial charge >= 0.3 is 7.12 Å². The highest BCUT2D eigenvalue weighted by Crippen LogP contribution is 2.18. The maximum atomic E-state index is 9.00. The number of benzene rings is 2. The van der Waals surface area contributed by atoms with E-state index in [0.29, 0.717) is 24.4 Å². The van der Waals surface area contributed by atoms with Crippen molar-refractivity contribution in [3.8, 4) is 11.5 Å². The maximum absolute atomic E-state index is 9.00. The van der Waals surface area contributed by atoms with E-state index >= 15 is 0 Å². The predicted molar refractivity (Wildman–Crippen MR) is 83.1 cm³/mol. The van der Waals surface area contributed by atoms with Crippen LogP contribution in [0.4, 0.5) is 0 Å². The fraction of sp³-hybridized carbons (Fsp3) is 0.250. The van der Waals surface area contributed by atoms with Crippen molar-refractivity contribution >= 4 is 12.6 Å². The summed E-state index contributed by atoms with van der Waals surface area (Å²) in [4.78, 5) is 0. The Labute approximate surface area is 125 Å². The van der Waals surface area contributed by atoms with Crippen molar-refractivity contribution in [2.24, 2.45) is 0 Å². The summed E-state index contributed by atoms with van der Waals surface area (Å²) in [6, 6.07) is 14.6. The molecule has 0 saturated heterocycles. The highest BCUT2D eigenvalue weighted by molar-refractivity contribution is 6.58. The number of aryl methyl sites for hydroxylation is 1. The number of hydrogen-bond donors (Lipinski definition) is 2. The minimum atomic E-state index is -1.45. The van der Waals surface area contributed by atoms with E-state index in [1.54, 1.807) is 24.3 Å². The molecule has 0 bridgehead atoms. The lowest BCUT2D eigenvalue weighted by Gasteiger charge is -2.11. The Morgan fingerprint density at radius 1 is 0.905 bits per heavy atom. The quantitative estimate of drug-likeness (QED) is 0.596. The lowest BCUT2D eigenvalue weighted by molar-refractivity contribution is 0.216. The first-order chi connectivity index (χ1) is 10.2. The third kappa shape index (κ3) is 4.51. The number of rotatable bonds is 7. The normalized spacial score (nSPS) is 10.2. The Hall–Kier alpha value is -1.98. The molecule has 0 aliphatic rings. The molecule has 2 aromatic carbocycles. The van der Waals surface area contributed by atoms with Crippen LogP contribution in [0.25, 0.3) is 0 Å². The van der Waals surface area contributed by atoms with E-state index in [0.717, 1.165) is 12.2 Å². The van der Waals surface area contributed by atoms with Crippen molar-refractivity contribution in [1.29, 1.82) is 0 Å². The van der Waals surface area contributed by atoms with Gasteiger partial charge in [-0.15, -0.1) is 0 Å². The first-order valence-corrected chi connectivity index (χ1v) is 7.00. The number of hydrogen-bond acceptors (Lipinski definition) is 4. The van der Waals surface area contributed by atoms with Crippen LogP contribution >= 0.6 is 0 Å². The number of ether oxygens (including phenoxy) is 2. The summed E-state index contributed by atoms with van der Waals surface area (Å²) in [6.07, 6.45) is 0.933. The van der Waals surface area contributed by atoms with Gasteiger partial charge < -0.3 is 19.5 Å². The van der Waals surface area contributed by atoms with Gasteiger partial charge in [0.15, 0.2) is 0 Å².